The van der Waals surface area contributed by atoms with Gasteiger partial charge in [0.25, 0.3) is 0 Å². The molecule has 2 rings (SSSR count). The molecule has 2 aromatic rings. The van der Waals surface area contributed by atoms with Crippen molar-refractivity contribution in [3.63, 3.8) is 0 Å². The van der Waals surface area contributed by atoms with Crippen LogP contribution in [0.4, 0.5) is 0 Å². The Kier molecular flexibility index (Phi) is 6.03. The molecule has 0 saturated heterocycles. The number of hydrogen-bond acceptors (Lipinski definition) is 3. The quantitative estimate of drug-likeness (QED) is 0.791. The maximum Gasteiger partial charge on any atom is 0.240 e. The third kappa shape index (κ3) is 5.39. The Hall–Kier alpha value is -1.69. The lowest BCUT2D eigenvalue weighted by Crippen LogP contribution is -2.49. The van der Waals surface area contributed by atoms with E-state index < -0.39 is 10.0 Å². The zero-order valence-corrected chi connectivity index (χ0v) is 16.4. The SMILES string of the molecule is Cc1ccc(S(=O)(=O)NCC(C)(C)NC(C)c2ccccc2)c(C)c1. The number of aryl methyl sites for hydroxylation is 2. The summed E-state index contributed by atoms with van der Waals surface area (Å²) >= 11 is 0. The second kappa shape index (κ2) is 7.68. The molecule has 0 spiro atoms. The van der Waals surface area contributed by atoms with Gasteiger partial charge in [0.15, 0.2) is 0 Å². The molecule has 1 unspecified atom stereocenters. The van der Waals surface area contributed by atoms with Gasteiger partial charge in [0.2, 0.25) is 10.0 Å². The van der Waals surface area contributed by atoms with E-state index in [9.17, 15) is 8.42 Å². The lowest BCUT2D eigenvalue weighted by atomic mass is 10.0. The van der Waals surface area contributed by atoms with Gasteiger partial charge in [0.1, 0.15) is 0 Å². The molecule has 0 aromatic heterocycles. The first-order chi connectivity index (χ1) is 11.6. The fourth-order valence-electron chi connectivity index (χ4n) is 2.92. The van der Waals surface area contributed by atoms with Gasteiger partial charge in [0.05, 0.1) is 4.90 Å². The van der Waals surface area contributed by atoms with Crippen LogP contribution in [-0.4, -0.2) is 20.5 Å². The second-order valence-corrected chi connectivity index (χ2v) is 8.99. The van der Waals surface area contributed by atoms with E-state index in [-0.39, 0.29) is 11.6 Å². The van der Waals surface area contributed by atoms with E-state index in [0.29, 0.717) is 11.4 Å². The molecule has 0 fully saturated rings. The summed E-state index contributed by atoms with van der Waals surface area (Å²) in [5.74, 6) is 0. The lowest BCUT2D eigenvalue weighted by Gasteiger charge is -2.31. The van der Waals surface area contributed by atoms with Crippen LogP contribution in [0.15, 0.2) is 53.4 Å². The first-order valence-electron chi connectivity index (χ1n) is 8.50. The summed E-state index contributed by atoms with van der Waals surface area (Å²) in [7, 11) is -3.53. The monoisotopic (exact) mass is 360 g/mol. The number of nitrogens with one attached hydrogen (secondary N) is 2. The molecule has 0 saturated carbocycles. The third-order valence-electron chi connectivity index (χ3n) is 4.23. The van der Waals surface area contributed by atoms with Gasteiger partial charge >= 0.3 is 0 Å². The molecule has 0 aliphatic heterocycles. The van der Waals surface area contributed by atoms with Gasteiger partial charge < -0.3 is 5.32 Å². The fourth-order valence-corrected chi connectivity index (χ4v) is 4.35. The van der Waals surface area contributed by atoms with Gasteiger partial charge in [-0.25, -0.2) is 13.1 Å². The maximum atomic E-state index is 12.6. The summed E-state index contributed by atoms with van der Waals surface area (Å²) in [5, 5.41) is 3.49. The largest absolute Gasteiger partial charge is 0.304 e. The number of hydrogen-bond donors (Lipinski definition) is 2. The van der Waals surface area contributed by atoms with E-state index in [1.807, 2.05) is 58.0 Å². The first-order valence-corrected chi connectivity index (χ1v) is 9.99. The molecule has 136 valence electrons. The topological polar surface area (TPSA) is 58.2 Å². The molecule has 25 heavy (non-hydrogen) atoms. The predicted molar refractivity (Wildman–Crippen MR) is 103 cm³/mol. The van der Waals surface area contributed by atoms with Gasteiger partial charge in [-0.3, -0.25) is 0 Å². The highest BCUT2D eigenvalue weighted by Gasteiger charge is 2.25. The van der Waals surface area contributed by atoms with Crippen molar-refractivity contribution in [3.8, 4) is 0 Å². The third-order valence-corrected chi connectivity index (χ3v) is 5.79. The Morgan fingerprint density at radius 1 is 1.04 bits per heavy atom. The Morgan fingerprint density at radius 3 is 2.28 bits per heavy atom. The van der Waals surface area contributed by atoms with Crippen LogP contribution < -0.4 is 10.0 Å². The van der Waals surface area contributed by atoms with E-state index in [4.69, 9.17) is 0 Å². The molecule has 0 heterocycles. The molecule has 4 nitrogen and oxygen atoms in total. The summed E-state index contributed by atoms with van der Waals surface area (Å²) in [6, 6.07) is 15.6. The average Bonchev–Trinajstić information content (AvgIpc) is 2.53. The van der Waals surface area contributed by atoms with Crippen molar-refractivity contribution in [3.05, 3.63) is 65.2 Å². The normalized spacial score (nSPS) is 13.6. The zero-order chi connectivity index (χ0) is 18.7. The zero-order valence-electron chi connectivity index (χ0n) is 15.6. The van der Waals surface area contributed by atoms with Crippen LogP contribution in [0.3, 0.4) is 0 Å². The molecule has 2 N–H and O–H groups in total. The highest BCUT2D eigenvalue weighted by atomic mass is 32.2. The van der Waals surface area contributed by atoms with Crippen molar-refractivity contribution in [1.82, 2.24) is 10.0 Å². The van der Waals surface area contributed by atoms with Crippen LogP contribution >= 0.6 is 0 Å². The maximum absolute atomic E-state index is 12.6. The van der Waals surface area contributed by atoms with E-state index in [1.54, 1.807) is 6.07 Å². The van der Waals surface area contributed by atoms with Crippen LogP contribution in [-0.2, 0) is 10.0 Å². The van der Waals surface area contributed by atoms with Crippen LogP contribution in [0.25, 0.3) is 0 Å². The van der Waals surface area contributed by atoms with Crippen LogP contribution in [0, 0.1) is 13.8 Å². The minimum atomic E-state index is -3.53. The summed E-state index contributed by atoms with van der Waals surface area (Å²) in [5.41, 5.74) is 2.60. The van der Waals surface area contributed by atoms with Crippen molar-refractivity contribution in [1.29, 1.82) is 0 Å². The highest BCUT2D eigenvalue weighted by Crippen LogP contribution is 2.18. The average molecular weight is 361 g/mol. The molecule has 5 heteroatoms. The van der Waals surface area contributed by atoms with Crippen LogP contribution in [0.1, 0.15) is 43.5 Å². The molecular formula is C20H28N2O2S. The van der Waals surface area contributed by atoms with Crippen molar-refractivity contribution in [2.24, 2.45) is 0 Å². The molecule has 0 bridgehead atoms. The van der Waals surface area contributed by atoms with Crippen LogP contribution in [0.2, 0.25) is 0 Å². The van der Waals surface area contributed by atoms with Crippen molar-refractivity contribution in [2.75, 3.05) is 6.54 Å². The van der Waals surface area contributed by atoms with Gasteiger partial charge in [0, 0.05) is 18.1 Å². The Morgan fingerprint density at radius 2 is 1.68 bits per heavy atom. The molecule has 0 aliphatic rings. The molecular weight excluding hydrogens is 332 g/mol. The second-order valence-electron chi connectivity index (χ2n) is 7.25. The lowest BCUT2D eigenvalue weighted by molar-refractivity contribution is 0.346. The Labute approximate surface area is 151 Å². The molecule has 1 atom stereocenters. The first kappa shape index (κ1) is 19.6. The van der Waals surface area contributed by atoms with E-state index in [0.717, 1.165) is 11.1 Å². The summed E-state index contributed by atoms with van der Waals surface area (Å²) in [6.07, 6.45) is 0. The summed E-state index contributed by atoms with van der Waals surface area (Å²) in [4.78, 5) is 0.338. The number of sulfonamides is 1. The van der Waals surface area contributed by atoms with E-state index >= 15 is 0 Å². The summed E-state index contributed by atoms with van der Waals surface area (Å²) < 4.78 is 28.0. The van der Waals surface area contributed by atoms with Gasteiger partial charge in [-0.05, 0) is 51.8 Å². The van der Waals surface area contributed by atoms with E-state index in [2.05, 4.69) is 29.1 Å². The predicted octanol–water partition coefficient (Wildman–Crippen LogP) is 3.71. The minimum absolute atomic E-state index is 0.127. The highest BCUT2D eigenvalue weighted by molar-refractivity contribution is 7.89. The van der Waals surface area contributed by atoms with Gasteiger partial charge in [-0.2, -0.15) is 0 Å². The van der Waals surface area contributed by atoms with Gasteiger partial charge in [-0.1, -0.05) is 48.0 Å². The van der Waals surface area contributed by atoms with Crippen molar-refractivity contribution < 1.29 is 8.42 Å². The molecule has 0 aliphatic carbocycles. The molecule has 2 aromatic carbocycles. The van der Waals surface area contributed by atoms with Crippen molar-refractivity contribution >= 4 is 10.0 Å². The number of rotatable bonds is 7. The smallest absolute Gasteiger partial charge is 0.240 e. The number of benzene rings is 2. The Bertz CT molecular complexity index is 815. The minimum Gasteiger partial charge on any atom is -0.304 e. The van der Waals surface area contributed by atoms with Gasteiger partial charge in [-0.15, -0.1) is 0 Å². The fraction of sp³-hybridized carbons (Fsp3) is 0.400. The molecule has 0 amide bonds. The summed E-state index contributed by atoms with van der Waals surface area (Å²) in [6.45, 7) is 10.2. The molecule has 0 radical (unpaired) electrons. The Balaban J connectivity index is 2.05. The van der Waals surface area contributed by atoms with Crippen molar-refractivity contribution in [2.45, 2.75) is 51.1 Å². The standard InChI is InChI=1S/C20H28N2O2S/c1-15-11-12-19(16(2)13-15)25(23,24)21-14-20(4,5)22-17(3)18-9-7-6-8-10-18/h6-13,17,21-22H,14H2,1-5H3. The van der Waals surface area contributed by atoms with E-state index in [1.165, 1.54) is 5.56 Å². The van der Waals surface area contributed by atoms with Crippen LogP contribution in [0.5, 0.6) is 0 Å².